The predicted octanol–water partition coefficient (Wildman–Crippen LogP) is 2.28. The number of hydrogen-bond donors (Lipinski definition) is 0. The first kappa shape index (κ1) is 23.5. The van der Waals surface area contributed by atoms with Crippen molar-refractivity contribution >= 4 is 34.4 Å². The molecule has 0 saturated carbocycles. The van der Waals surface area contributed by atoms with Gasteiger partial charge in [0, 0.05) is 11.9 Å². The van der Waals surface area contributed by atoms with Crippen LogP contribution in [-0.4, -0.2) is 66.1 Å². The van der Waals surface area contributed by atoms with Gasteiger partial charge in [-0.2, -0.15) is 0 Å². The molecule has 1 aromatic heterocycles. The maximum atomic E-state index is 13.3. The fourth-order valence-corrected chi connectivity index (χ4v) is 4.56. The molecule has 0 aliphatic carbocycles. The lowest BCUT2D eigenvalue weighted by molar-refractivity contribution is -0.150. The lowest BCUT2D eigenvalue weighted by atomic mass is 9.94. The van der Waals surface area contributed by atoms with Gasteiger partial charge in [0.1, 0.15) is 23.3 Å². The first-order chi connectivity index (χ1) is 15.8. The van der Waals surface area contributed by atoms with E-state index in [2.05, 4.69) is 0 Å². The zero-order valence-electron chi connectivity index (χ0n) is 18.7. The van der Waals surface area contributed by atoms with Gasteiger partial charge in [-0.3, -0.25) is 9.59 Å². The molecule has 2 aromatic rings. The molecule has 4 rings (SSSR count). The number of hydrogen-bond acceptors (Lipinski definition) is 8. The Morgan fingerprint density at radius 3 is 2.70 bits per heavy atom. The number of carbonyl (C=O) groups excluding carboxylic acids is 2. The lowest BCUT2D eigenvalue weighted by Gasteiger charge is -2.30. The van der Waals surface area contributed by atoms with Gasteiger partial charge >= 0.3 is 11.9 Å². The molecule has 10 heteroatoms. The fraction of sp³-hybridized carbons (Fsp3) is 0.522. The molecule has 9 nitrogen and oxygen atoms in total. The van der Waals surface area contributed by atoms with Crippen molar-refractivity contribution in [3.05, 3.63) is 40.2 Å². The summed E-state index contributed by atoms with van der Waals surface area (Å²) < 4.78 is 30.2. The Morgan fingerprint density at radius 1 is 1.24 bits per heavy atom. The molecule has 33 heavy (non-hydrogen) atoms. The molecule has 2 aliphatic rings. The molecule has 0 bridgehead atoms. The van der Waals surface area contributed by atoms with E-state index in [9.17, 15) is 14.4 Å². The molecular formula is C23H26ClNO8. The van der Waals surface area contributed by atoms with Crippen molar-refractivity contribution in [2.75, 3.05) is 25.7 Å². The smallest absolute Gasteiger partial charge is 0.347 e. The van der Waals surface area contributed by atoms with Crippen molar-refractivity contribution in [3.63, 3.8) is 0 Å². The van der Waals surface area contributed by atoms with Crippen LogP contribution in [0.1, 0.15) is 31.1 Å². The fourth-order valence-electron chi connectivity index (χ4n) is 4.49. The molecule has 3 heterocycles. The zero-order chi connectivity index (χ0) is 23.8. The zero-order valence-corrected chi connectivity index (χ0v) is 19.4. The molecular weight excluding hydrogens is 454 g/mol. The number of nitrogens with zero attached hydrogens (tertiary/aromatic N) is 1. The van der Waals surface area contributed by atoms with Crippen LogP contribution in [-0.2, 0) is 30.3 Å². The average molecular weight is 480 g/mol. The highest BCUT2D eigenvalue weighted by Gasteiger charge is 2.60. The maximum absolute atomic E-state index is 13.3. The van der Waals surface area contributed by atoms with E-state index in [1.54, 1.807) is 32.0 Å². The van der Waals surface area contributed by atoms with Gasteiger partial charge in [-0.1, -0.05) is 12.1 Å². The minimum Gasteiger partial charge on any atom is -0.483 e. The summed E-state index contributed by atoms with van der Waals surface area (Å²) in [6.45, 7) is 6.01. The summed E-state index contributed by atoms with van der Waals surface area (Å²) in [5, 5.41) is 0.595. The van der Waals surface area contributed by atoms with Gasteiger partial charge in [-0.25, -0.2) is 4.79 Å². The summed E-state index contributed by atoms with van der Waals surface area (Å²) >= 11 is 5.56. The molecule has 2 aliphatic heterocycles. The van der Waals surface area contributed by atoms with Crippen LogP contribution < -0.4 is 10.3 Å². The first-order valence-corrected chi connectivity index (χ1v) is 11.4. The van der Waals surface area contributed by atoms with Gasteiger partial charge in [0.25, 0.3) is 5.56 Å². The van der Waals surface area contributed by atoms with Crippen LogP contribution in [0.4, 0.5) is 0 Å². The average Bonchev–Trinajstić information content (AvgIpc) is 3.29. The van der Waals surface area contributed by atoms with E-state index in [1.165, 1.54) is 4.57 Å². The first-order valence-electron chi connectivity index (χ1n) is 10.9. The van der Waals surface area contributed by atoms with Crippen LogP contribution >= 0.6 is 11.6 Å². The second-order valence-corrected chi connectivity index (χ2v) is 8.28. The van der Waals surface area contributed by atoms with Crippen LogP contribution in [0.2, 0.25) is 0 Å². The number of alkyl halides is 1. The third-order valence-electron chi connectivity index (χ3n) is 6.10. The molecule has 0 unspecified atom stereocenters. The van der Waals surface area contributed by atoms with Crippen LogP contribution in [0.5, 0.6) is 5.75 Å². The second kappa shape index (κ2) is 9.32. The van der Waals surface area contributed by atoms with E-state index in [4.69, 9.17) is 35.3 Å². The van der Waals surface area contributed by atoms with Crippen molar-refractivity contribution in [3.8, 4) is 5.75 Å². The Bertz CT molecular complexity index is 1130. The number of para-hydroxylation sites is 1. The summed E-state index contributed by atoms with van der Waals surface area (Å²) in [6.07, 6.45) is -1.89. The summed E-state index contributed by atoms with van der Waals surface area (Å²) in [4.78, 5) is 37.8. The second-order valence-electron chi connectivity index (χ2n) is 8.01. The van der Waals surface area contributed by atoms with Gasteiger partial charge < -0.3 is 28.3 Å². The third kappa shape index (κ3) is 3.98. The Balaban J connectivity index is 1.76. The molecule has 0 N–H and O–H groups in total. The number of fused-ring (bicyclic) bond motifs is 2. The molecule has 1 aromatic carbocycles. The lowest BCUT2D eigenvalue weighted by Crippen LogP contribution is -2.47. The molecule has 0 radical (unpaired) electrons. The van der Waals surface area contributed by atoms with E-state index in [0.717, 1.165) is 0 Å². The normalized spacial score (nSPS) is 26.2. The number of esters is 2. The number of aryl methyl sites for hydroxylation is 1. The van der Waals surface area contributed by atoms with Crippen LogP contribution in [0.15, 0.2) is 29.1 Å². The molecule has 4 atom stereocenters. The third-order valence-corrected chi connectivity index (χ3v) is 6.32. The number of pyridine rings is 1. The van der Waals surface area contributed by atoms with Crippen LogP contribution in [0, 0.1) is 0 Å². The number of ether oxygens (including phenoxy) is 5. The van der Waals surface area contributed by atoms with Crippen LogP contribution in [0.3, 0.4) is 0 Å². The quantitative estimate of drug-likeness (QED) is 0.440. The molecule has 178 valence electrons. The highest BCUT2D eigenvalue weighted by atomic mass is 35.5. The molecule has 0 spiro atoms. The SMILES string of the molecule is CCOC(=O)c1c(O[C@H]2CO[C@@H]3[C@@H](OC(=O)CCl)CO[C@]23C)c2ccccc2n(CC)c1=O. The van der Waals surface area contributed by atoms with Crippen LogP contribution in [0.25, 0.3) is 10.9 Å². The van der Waals surface area contributed by atoms with Crippen molar-refractivity contribution in [1.29, 1.82) is 0 Å². The predicted molar refractivity (Wildman–Crippen MR) is 119 cm³/mol. The topological polar surface area (TPSA) is 102 Å². The number of halogens is 1. The standard InChI is InChI=1S/C23H26ClNO8/c1-4-25-14-9-7-6-8-13(14)19(18(21(25)27)22(28)29-5-2)33-16-12-30-20-15(32-17(26)10-24)11-31-23(16,20)3/h6-9,15-16,20H,4-5,10-12H2,1-3H3/t15-,16-,20+,23+/m0/s1. The van der Waals surface area contributed by atoms with E-state index in [1.807, 2.05) is 13.0 Å². The largest absolute Gasteiger partial charge is 0.483 e. The van der Waals surface area contributed by atoms with E-state index in [-0.39, 0.29) is 37.0 Å². The Kier molecular flexibility index (Phi) is 6.65. The van der Waals surface area contributed by atoms with Gasteiger partial charge in [0.05, 0.1) is 25.3 Å². The van der Waals surface area contributed by atoms with Gasteiger partial charge in [0.2, 0.25) is 0 Å². The summed E-state index contributed by atoms with van der Waals surface area (Å²) in [5.74, 6) is -1.48. The number of benzene rings is 1. The maximum Gasteiger partial charge on any atom is 0.347 e. The highest BCUT2D eigenvalue weighted by Crippen LogP contribution is 2.42. The number of aromatic nitrogens is 1. The van der Waals surface area contributed by atoms with Crippen molar-refractivity contribution < 1.29 is 33.3 Å². The van der Waals surface area contributed by atoms with Crippen molar-refractivity contribution in [2.45, 2.75) is 51.2 Å². The summed E-state index contributed by atoms with van der Waals surface area (Å²) in [6, 6.07) is 7.20. The number of rotatable bonds is 7. The molecule has 2 saturated heterocycles. The summed E-state index contributed by atoms with van der Waals surface area (Å²) in [7, 11) is 0. The van der Waals surface area contributed by atoms with E-state index >= 15 is 0 Å². The Hall–Kier alpha value is -2.62. The van der Waals surface area contributed by atoms with Crippen molar-refractivity contribution in [2.24, 2.45) is 0 Å². The number of carbonyl (C=O) groups is 2. The molecule has 2 fully saturated rings. The Morgan fingerprint density at radius 2 is 2.00 bits per heavy atom. The minimum absolute atomic E-state index is 0.111. The minimum atomic E-state index is -0.968. The van der Waals surface area contributed by atoms with Gasteiger partial charge in [-0.15, -0.1) is 11.6 Å². The Labute approximate surface area is 195 Å². The van der Waals surface area contributed by atoms with Gasteiger partial charge in [0.15, 0.2) is 17.8 Å². The highest BCUT2D eigenvalue weighted by molar-refractivity contribution is 6.26. The molecule has 0 amide bonds. The van der Waals surface area contributed by atoms with Gasteiger partial charge in [-0.05, 0) is 32.9 Å². The monoisotopic (exact) mass is 479 g/mol. The van der Waals surface area contributed by atoms with E-state index in [0.29, 0.717) is 17.4 Å². The van der Waals surface area contributed by atoms with E-state index < -0.39 is 41.4 Å². The van der Waals surface area contributed by atoms with Crippen molar-refractivity contribution in [1.82, 2.24) is 4.57 Å². The summed E-state index contributed by atoms with van der Waals surface area (Å²) in [5.41, 5.74) is -1.00.